The van der Waals surface area contributed by atoms with E-state index in [0.717, 1.165) is 69.2 Å². The number of epoxide rings is 2. The van der Waals surface area contributed by atoms with Gasteiger partial charge in [-0.25, -0.2) is 0 Å². The molecule has 3 aromatic rings. The van der Waals surface area contributed by atoms with E-state index in [1.54, 1.807) is 6.08 Å². The van der Waals surface area contributed by atoms with Gasteiger partial charge in [-0.15, -0.1) is 0 Å². The van der Waals surface area contributed by atoms with Gasteiger partial charge in [0.2, 0.25) is 0 Å². The van der Waals surface area contributed by atoms with Gasteiger partial charge < -0.3 is 18.9 Å². The summed E-state index contributed by atoms with van der Waals surface area (Å²) in [6.45, 7) is 19.7. The topological polar surface area (TPSA) is 43.5 Å². The lowest BCUT2D eigenvalue weighted by atomic mass is 9.64. The molecule has 0 radical (unpaired) electrons. The molecule has 0 amide bonds. The van der Waals surface area contributed by atoms with E-state index in [2.05, 4.69) is 102 Å². The number of ether oxygens (including phenoxy) is 4. The highest BCUT2D eigenvalue weighted by molar-refractivity contribution is 5.64. The van der Waals surface area contributed by atoms with Crippen LogP contribution in [-0.2, 0) is 14.9 Å². The first-order valence-corrected chi connectivity index (χ1v) is 13.6. The first-order valence-electron chi connectivity index (χ1n) is 13.6. The van der Waals surface area contributed by atoms with Crippen molar-refractivity contribution in [3.05, 3.63) is 131 Å². The Labute approximate surface area is 232 Å². The van der Waals surface area contributed by atoms with Gasteiger partial charge in [-0.3, -0.25) is 0 Å². The predicted molar refractivity (Wildman–Crippen MR) is 157 cm³/mol. The van der Waals surface area contributed by atoms with Gasteiger partial charge in [0.15, 0.2) is 0 Å². The monoisotopic (exact) mass is 522 g/mol. The second-order valence-electron chi connectivity index (χ2n) is 10.6. The van der Waals surface area contributed by atoms with Crippen LogP contribution in [-0.4, -0.2) is 38.6 Å². The van der Waals surface area contributed by atoms with Crippen molar-refractivity contribution in [1.82, 2.24) is 0 Å². The largest absolute Gasteiger partial charge is 0.490 e. The van der Waals surface area contributed by atoms with Gasteiger partial charge in [-0.05, 0) is 72.2 Å². The smallest absolute Gasteiger partial charge is 0.125 e. The van der Waals surface area contributed by atoms with E-state index < -0.39 is 5.41 Å². The van der Waals surface area contributed by atoms with E-state index >= 15 is 0 Å². The highest BCUT2D eigenvalue weighted by Gasteiger charge is 2.40. The number of hydrogen-bond donors (Lipinski definition) is 0. The van der Waals surface area contributed by atoms with Crippen LogP contribution in [0, 0.1) is 27.7 Å². The number of hydrogen-bond acceptors (Lipinski definition) is 4. The second kappa shape index (κ2) is 11.3. The molecule has 2 aliphatic heterocycles. The molecule has 0 aromatic heterocycles. The fraction of sp³-hybridized carbons (Fsp3) is 0.314. The first-order chi connectivity index (χ1) is 18.8. The molecule has 3 aromatic carbocycles. The van der Waals surface area contributed by atoms with Crippen LogP contribution in [0.2, 0.25) is 0 Å². The first kappa shape index (κ1) is 27.0. The molecule has 2 fully saturated rings. The Kier molecular flexibility index (Phi) is 7.79. The van der Waals surface area contributed by atoms with Gasteiger partial charge in [0.05, 0.1) is 18.6 Å². The molecule has 0 N–H and O–H groups in total. The van der Waals surface area contributed by atoms with E-state index in [-0.39, 0.29) is 12.2 Å². The average Bonchev–Trinajstić information content (AvgIpc) is 3.83. The van der Waals surface area contributed by atoms with Crippen molar-refractivity contribution in [2.75, 3.05) is 26.4 Å². The SMILES string of the molecule is C=C/C=C\C(=C)C(c1ccccc1)(c1cc(C)c(OCC2CO2)c(C)c1)c1cc(C)c(OCC2CO2)c(C)c1. The van der Waals surface area contributed by atoms with Gasteiger partial charge in [-0.1, -0.05) is 86.0 Å². The molecule has 2 heterocycles. The van der Waals surface area contributed by atoms with Crippen LogP contribution in [0.5, 0.6) is 11.5 Å². The Hall–Kier alpha value is -3.60. The summed E-state index contributed by atoms with van der Waals surface area (Å²) in [6, 6.07) is 19.6. The molecule has 2 unspecified atom stereocenters. The van der Waals surface area contributed by atoms with Gasteiger partial charge in [0.1, 0.15) is 36.9 Å². The van der Waals surface area contributed by atoms with Crippen molar-refractivity contribution in [2.45, 2.75) is 45.3 Å². The van der Waals surface area contributed by atoms with E-state index in [1.807, 2.05) is 6.08 Å². The van der Waals surface area contributed by atoms with E-state index in [1.165, 1.54) is 0 Å². The maximum Gasteiger partial charge on any atom is 0.125 e. The molecule has 202 valence electrons. The fourth-order valence-corrected chi connectivity index (χ4v) is 5.52. The standard InChI is InChI=1S/C35H38O4/c1-7-8-12-27(6)35(28-13-10-9-11-14-28,29-15-23(2)33(24(3)16-29)38-21-31-19-36-31)30-17-25(4)34(26(5)18-30)39-22-32-20-37-32/h7-18,31-32H,1,6,19-22H2,2-5H3/b12-8-. The molecule has 4 nitrogen and oxygen atoms in total. The normalized spacial score (nSPS) is 19.4. The third kappa shape index (κ3) is 5.59. The van der Waals surface area contributed by atoms with Crippen molar-refractivity contribution in [3.63, 3.8) is 0 Å². The van der Waals surface area contributed by atoms with Crippen molar-refractivity contribution in [3.8, 4) is 11.5 Å². The Bertz CT molecular complexity index is 1280. The second-order valence-corrected chi connectivity index (χ2v) is 10.6. The molecular formula is C35H38O4. The molecule has 2 atom stereocenters. The summed E-state index contributed by atoms with van der Waals surface area (Å²) in [5.41, 5.74) is 8.06. The minimum absolute atomic E-state index is 0.203. The van der Waals surface area contributed by atoms with Crippen LogP contribution in [0.25, 0.3) is 0 Å². The van der Waals surface area contributed by atoms with Gasteiger partial charge in [-0.2, -0.15) is 0 Å². The third-order valence-electron chi connectivity index (χ3n) is 7.54. The zero-order chi connectivity index (χ0) is 27.6. The number of allylic oxidation sites excluding steroid dienone is 4. The number of aryl methyl sites for hydroxylation is 4. The Balaban J connectivity index is 1.71. The molecule has 2 aliphatic rings. The lowest BCUT2D eigenvalue weighted by Crippen LogP contribution is -2.31. The minimum atomic E-state index is -0.651. The minimum Gasteiger partial charge on any atom is -0.490 e. The molecule has 0 bridgehead atoms. The number of rotatable bonds is 12. The summed E-state index contributed by atoms with van der Waals surface area (Å²) in [4.78, 5) is 0. The van der Waals surface area contributed by atoms with E-state index in [0.29, 0.717) is 13.2 Å². The van der Waals surface area contributed by atoms with Crippen molar-refractivity contribution in [1.29, 1.82) is 0 Å². The lowest BCUT2D eigenvalue weighted by molar-refractivity contribution is 0.260. The third-order valence-corrected chi connectivity index (χ3v) is 7.54. The van der Waals surface area contributed by atoms with Crippen LogP contribution in [0.1, 0.15) is 38.9 Å². The van der Waals surface area contributed by atoms with Gasteiger partial charge in [0.25, 0.3) is 0 Å². The summed E-state index contributed by atoms with van der Waals surface area (Å²) in [6.07, 6.45) is 6.23. The quantitative estimate of drug-likeness (QED) is 0.144. The summed E-state index contributed by atoms with van der Waals surface area (Å²) in [7, 11) is 0. The van der Waals surface area contributed by atoms with Crippen LogP contribution in [0.15, 0.2) is 91.6 Å². The van der Waals surface area contributed by atoms with Gasteiger partial charge >= 0.3 is 0 Å². The Morgan fingerprint density at radius 3 is 1.62 bits per heavy atom. The van der Waals surface area contributed by atoms with E-state index in [9.17, 15) is 0 Å². The highest BCUT2D eigenvalue weighted by Crippen LogP contribution is 2.48. The van der Waals surface area contributed by atoms with Crippen LogP contribution in [0.4, 0.5) is 0 Å². The number of benzene rings is 3. The average molecular weight is 523 g/mol. The Morgan fingerprint density at radius 1 is 0.795 bits per heavy atom. The zero-order valence-corrected chi connectivity index (χ0v) is 23.5. The summed E-state index contributed by atoms with van der Waals surface area (Å²) >= 11 is 0. The van der Waals surface area contributed by atoms with Crippen LogP contribution >= 0.6 is 0 Å². The summed E-state index contributed by atoms with van der Waals surface area (Å²) in [5.74, 6) is 1.84. The zero-order valence-electron chi connectivity index (χ0n) is 23.5. The Morgan fingerprint density at radius 2 is 1.23 bits per heavy atom. The van der Waals surface area contributed by atoms with Gasteiger partial charge in [0, 0.05) is 0 Å². The molecule has 0 spiro atoms. The van der Waals surface area contributed by atoms with Crippen LogP contribution in [0.3, 0.4) is 0 Å². The molecule has 0 saturated carbocycles. The molecule has 39 heavy (non-hydrogen) atoms. The van der Waals surface area contributed by atoms with E-state index in [4.69, 9.17) is 18.9 Å². The fourth-order valence-electron chi connectivity index (χ4n) is 5.52. The maximum atomic E-state index is 6.20. The predicted octanol–water partition coefficient (Wildman–Crippen LogP) is 7.11. The van der Waals surface area contributed by atoms with Crippen molar-refractivity contribution >= 4 is 0 Å². The molecular weight excluding hydrogens is 484 g/mol. The molecule has 2 saturated heterocycles. The molecule has 5 rings (SSSR count). The van der Waals surface area contributed by atoms with Crippen molar-refractivity contribution < 1.29 is 18.9 Å². The molecule has 0 aliphatic carbocycles. The molecule has 4 heteroatoms. The maximum absolute atomic E-state index is 6.20. The summed E-state index contributed by atoms with van der Waals surface area (Å²) < 4.78 is 23.1. The highest BCUT2D eigenvalue weighted by atomic mass is 16.6. The lowest BCUT2D eigenvalue weighted by Gasteiger charge is -2.38. The summed E-state index contributed by atoms with van der Waals surface area (Å²) in [5, 5.41) is 0. The van der Waals surface area contributed by atoms with Crippen molar-refractivity contribution in [2.24, 2.45) is 0 Å². The van der Waals surface area contributed by atoms with Crippen LogP contribution < -0.4 is 9.47 Å².